The Balaban J connectivity index is 1.96. The van der Waals surface area contributed by atoms with E-state index in [9.17, 15) is 9.50 Å². The van der Waals surface area contributed by atoms with Gasteiger partial charge in [-0.2, -0.15) is 0 Å². The molecular formula is C21H27FNO2+. The summed E-state index contributed by atoms with van der Waals surface area (Å²) in [7, 11) is 2.22. The van der Waals surface area contributed by atoms with E-state index in [4.69, 9.17) is 4.74 Å². The van der Waals surface area contributed by atoms with Gasteiger partial charge in [0.1, 0.15) is 18.9 Å². The molecule has 1 saturated heterocycles. The fourth-order valence-electron chi connectivity index (χ4n) is 3.69. The highest BCUT2D eigenvalue weighted by atomic mass is 19.1. The van der Waals surface area contributed by atoms with Crippen molar-refractivity contribution < 1.29 is 18.7 Å². The van der Waals surface area contributed by atoms with E-state index in [2.05, 4.69) is 19.2 Å². The summed E-state index contributed by atoms with van der Waals surface area (Å²) in [6, 6.07) is 16.3. The lowest BCUT2D eigenvalue weighted by molar-refractivity contribution is -0.919. The fraction of sp³-hybridized carbons (Fsp3) is 0.429. The van der Waals surface area contributed by atoms with Crippen LogP contribution in [0.4, 0.5) is 4.39 Å². The maximum absolute atomic E-state index is 13.3. The molecule has 4 heteroatoms. The molecule has 25 heavy (non-hydrogen) atoms. The van der Waals surface area contributed by atoms with Crippen molar-refractivity contribution in [2.75, 3.05) is 39.9 Å². The molecule has 1 fully saturated rings. The number of hydrogen-bond acceptors (Lipinski definition) is 2. The highest BCUT2D eigenvalue weighted by molar-refractivity contribution is 5.31. The molecule has 3 rings (SSSR count). The van der Waals surface area contributed by atoms with Gasteiger partial charge in [0.15, 0.2) is 0 Å². The Labute approximate surface area is 149 Å². The molecule has 0 spiro atoms. The van der Waals surface area contributed by atoms with Gasteiger partial charge in [0.25, 0.3) is 0 Å². The van der Waals surface area contributed by atoms with E-state index in [1.165, 1.54) is 12.1 Å². The Kier molecular flexibility index (Phi) is 5.23. The van der Waals surface area contributed by atoms with Gasteiger partial charge in [-0.1, -0.05) is 42.5 Å². The number of hydrogen-bond donors (Lipinski definition) is 1. The summed E-state index contributed by atoms with van der Waals surface area (Å²) in [5.41, 5.74) is 0.750. The van der Waals surface area contributed by atoms with Gasteiger partial charge in [-0.25, -0.2) is 4.39 Å². The van der Waals surface area contributed by atoms with Crippen LogP contribution in [0.3, 0.4) is 0 Å². The average Bonchev–Trinajstić information content (AvgIpc) is 2.61. The molecule has 0 bridgehead atoms. The van der Waals surface area contributed by atoms with Gasteiger partial charge in [0.05, 0.1) is 38.3 Å². The zero-order chi connectivity index (χ0) is 17.9. The number of nitrogens with zero attached hydrogens (tertiary/aromatic N) is 1. The summed E-state index contributed by atoms with van der Waals surface area (Å²) in [4.78, 5) is 0. The summed E-state index contributed by atoms with van der Waals surface area (Å²) in [6.07, 6.45) is 0. The van der Waals surface area contributed by atoms with E-state index in [0.29, 0.717) is 0 Å². The van der Waals surface area contributed by atoms with Crippen LogP contribution in [0.1, 0.15) is 24.0 Å². The number of halogens is 1. The SMILES string of the molecule is C[C@@](O)(c1ccc(F)cc1)[C@@H](C[N+]1(C)CCOCC1)c1ccccc1. The third-order valence-corrected chi connectivity index (χ3v) is 5.48. The van der Waals surface area contributed by atoms with Crippen LogP contribution in [0.5, 0.6) is 0 Å². The molecule has 1 aliphatic rings. The van der Waals surface area contributed by atoms with Gasteiger partial charge in [-0.15, -0.1) is 0 Å². The molecular weight excluding hydrogens is 317 g/mol. The third-order valence-electron chi connectivity index (χ3n) is 5.48. The Hall–Kier alpha value is -1.75. The number of morpholine rings is 1. The minimum Gasteiger partial charge on any atom is -0.385 e. The highest BCUT2D eigenvalue weighted by Gasteiger charge is 2.41. The van der Waals surface area contributed by atoms with Crippen LogP contribution in [-0.4, -0.2) is 49.5 Å². The van der Waals surface area contributed by atoms with Crippen LogP contribution in [-0.2, 0) is 10.3 Å². The summed E-state index contributed by atoms with van der Waals surface area (Å²) in [6.45, 7) is 6.00. The largest absolute Gasteiger partial charge is 0.385 e. The minimum absolute atomic E-state index is 0.0951. The van der Waals surface area contributed by atoms with Gasteiger partial charge in [-0.3, -0.25) is 0 Å². The molecule has 0 saturated carbocycles. The molecule has 0 aromatic heterocycles. The van der Waals surface area contributed by atoms with E-state index in [0.717, 1.165) is 48.5 Å². The molecule has 1 heterocycles. The van der Waals surface area contributed by atoms with E-state index in [1.54, 1.807) is 12.1 Å². The predicted octanol–water partition coefficient (Wildman–Crippen LogP) is 3.29. The first-order valence-corrected chi connectivity index (χ1v) is 8.85. The highest BCUT2D eigenvalue weighted by Crippen LogP contribution is 2.38. The zero-order valence-corrected chi connectivity index (χ0v) is 15.0. The Bertz CT molecular complexity index is 679. The molecule has 1 N–H and O–H groups in total. The van der Waals surface area contributed by atoms with Crippen molar-refractivity contribution in [1.82, 2.24) is 0 Å². The first-order valence-electron chi connectivity index (χ1n) is 8.85. The molecule has 0 amide bonds. The third kappa shape index (κ3) is 4.09. The van der Waals surface area contributed by atoms with Crippen molar-refractivity contribution >= 4 is 0 Å². The number of benzene rings is 2. The quantitative estimate of drug-likeness (QED) is 0.844. The maximum Gasteiger partial charge on any atom is 0.123 e. The normalized spacial score (nSPS) is 20.6. The molecule has 0 unspecified atom stereocenters. The van der Waals surface area contributed by atoms with Gasteiger partial charge in [0, 0.05) is 0 Å². The molecule has 1 aliphatic heterocycles. The second-order valence-electron chi connectivity index (χ2n) is 7.48. The number of aliphatic hydroxyl groups is 1. The van der Waals surface area contributed by atoms with Crippen molar-refractivity contribution in [2.45, 2.75) is 18.4 Å². The number of rotatable bonds is 5. The smallest absolute Gasteiger partial charge is 0.123 e. The van der Waals surface area contributed by atoms with Crippen LogP contribution in [0.15, 0.2) is 54.6 Å². The summed E-state index contributed by atoms with van der Waals surface area (Å²) in [5.74, 6) is -0.384. The standard InChI is InChI=1S/C21H27FNO2/c1-21(24,18-8-10-19(22)11-9-18)20(17-6-4-3-5-7-17)16-23(2)12-14-25-15-13-23/h3-11,20,24H,12-16H2,1-2H3/q+1/t20-,21+/m0/s1. The number of likely N-dealkylation sites (N-methyl/N-ethyl adjacent to an activating group) is 1. The number of quaternary nitrogens is 1. The summed E-state index contributed by atoms with van der Waals surface area (Å²) in [5, 5.41) is 11.5. The summed E-state index contributed by atoms with van der Waals surface area (Å²) >= 11 is 0. The second kappa shape index (κ2) is 7.24. The molecule has 2 aromatic rings. The molecule has 2 atom stereocenters. The monoisotopic (exact) mass is 344 g/mol. The maximum atomic E-state index is 13.3. The minimum atomic E-state index is -1.09. The topological polar surface area (TPSA) is 29.5 Å². The van der Waals surface area contributed by atoms with Crippen molar-refractivity contribution in [2.24, 2.45) is 0 Å². The molecule has 134 valence electrons. The molecule has 0 radical (unpaired) electrons. The van der Waals surface area contributed by atoms with E-state index >= 15 is 0 Å². The van der Waals surface area contributed by atoms with Crippen LogP contribution >= 0.6 is 0 Å². The molecule has 0 aliphatic carbocycles. The van der Waals surface area contributed by atoms with E-state index in [1.807, 2.05) is 25.1 Å². The van der Waals surface area contributed by atoms with E-state index in [-0.39, 0.29) is 11.7 Å². The molecule has 3 nitrogen and oxygen atoms in total. The van der Waals surface area contributed by atoms with Crippen molar-refractivity contribution in [3.8, 4) is 0 Å². The fourth-order valence-corrected chi connectivity index (χ4v) is 3.69. The van der Waals surface area contributed by atoms with Crippen LogP contribution in [0, 0.1) is 5.82 Å². The first-order chi connectivity index (χ1) is 11.9. The zero-order valence-electron chi connectivity index (χ0n) is 15.0. The van der Waals surface area contributed by atoms with Crippen LogP contribution in [0.2, 0.25) is 0 Å². The van der Waals surface area contributed by atoms with Gasteiger partial charge in [-0.05, 0) is 30.2 Å². The van der Waals surface area contributed by atoms with Crippen LogP contribution < -0.4 is 0 Å². The van der Waals surface area contributed by atoms with Gasteiger partial charge in [0.2, 0.25) is 0 Å². The molecule has 2 aromatic carbocycles. The van der Waals surface area contributed by atoms with Crippen molar-refractivity contribution in [3.63, 3.8) is 0 Å². The Morgan fingerprint density at radius 1 is 1.08 bits per heavy atom. The summed E-state index contributed by atoms with van der Waals surface area (Å²) < 4.78 is 19.7. The lowest BCUT2D eigenvalue weighted by atomic mass is 9.78. The Morgan fingerprint density at radius 2 is 1.68 bits per heavy atom. The van der Waals surface area contributed by atoms with Crippen molar-refractivity contribution in [1.29, 1.82) is 0 Å². The van der Waals surface area contributed by atoms with Crippen LogP contribution in [0.25, 0.3) is 0 Å². The Morgan fingerprint density at radius 3 is 2.28 bits per heavy atom. The first kappa shape index (κ1) is 18.1. The van der Waals surface area contributed by atoms with Gasteiger partial charge < -0.3 is 14.3 Å². The second-order valence-corrected chi connectivity index (χ2v) is 7.48. The van der Waals surface area contributed by atoms with Crippen molar-refractivity contribution in [3.05, 3.63) is 71.5 Å². The van der Waals surface area contributed by atoms with Gasteiger partial charge >= 0.3 is 0 Å². The lowest BCUT2D eigenvalue weighted by Crippen LogP contribution is -2.55. The lowest BCUT2D eigenvalue weighted by Gasteiger charge is -2.43. The number of ether oxygens (including phenoxy) is 1. The average molecular weight is 344 g/mol. The van der Waals surface area contributed by atoms with E-state index < -0.39 is 5.60 Å². The predicted molar refractivity (Wildman–Crippen MR) is 96.8 cm³/mol.